The molecule has 0 aromatic rings. The quantitative estimate of drug-likeness (QED) is 0.826. The maximum Gasteiger partial charge on any atom is 0.229 e. The number of likely N-dealkylation sites (N-methyl/N-ethyl adjacent to an activating group) is 1. The van der Waals surface area contributed by atoms with E-state index >= 15 is 0 Å². The Labute approximate surface area is 128 Å². The van der Waals surface area contributed by atoms with E-state index in [1.165, 1.54) is 19.4 Å². The molecule has 3 aliphatic heterocycles. The van der Waals surface area contributed by atoms with E-state index in [1.807, 2.05) is 0 Å². The molecule has 3 rings (SSSR count). The van der Waals surface area contributed by atoms with Gasteiger partial charge in [0.25, 0.3) is 0 Å². The summed E-state index contributed by atoms with van der Waals surface area (Å²) in [5, 5.41) is 3.40. The van der Waals surface area contributed by atoms with Crippen molar-refractivity contribution in [1.82, 2.24) is 15.1 Å². The molecule has 0 saturated carbocycles. The second-order valence-corrected chi connectivity index (χ2v) is 6.83. The van der Waals surface area contributed by atoms with Crippen molar-refractivity contribution in [2.75, 3.05) is 46.4 Å². The van der Waals surface area contributed by atoms with E-state index in [9.17, 15) is 4.79 Å². The Bertz CT molecular complexity index is 377. The first-order valence-electron chi connectivity index (χ1n) is 8.51. The highest BCUT2D eigenvalue weighted by Gasteiger charge is 2.40. The molecule has 0 spiro atoms. The first kappa shape index (κ1) is 15.3. The van der Waals surface area contributed by atoms with Crippen molar-refractivity contribution in [2.45, 2.75) is 38.3 Å². The van der Waals surface area contributed by atoms with Crippen molar-refractivity contribution >= 4 is 5.91 Å². The molecule has 0 aromatic carbocycles. The lowest BCUT2D eigenvalue weighted by molar-refractivity contribution is -0.139. The van der Waals surface area contributed by atoms with Gasteiger partial charge in [0.05, 0.1) is 19.1 Å². The first-order chi connectivity index (χ1) is 10.2. The van der Waals surface area contributed by atoms with Gasteiger partial charge in [0, 0.05) is 25.2 Å². The van der Waals surface area contributed by atoms with Gasteiger partial charge in [-0.1, -0.05) is 6.92 Å². The maximum absolute atomic E-state index is 12.8. The van der Waals surface area contributed by atoms with Crippen molar-refractivity contribution in [2.24, 2.45) is 11.8 Å². The van der Waals surface area contributed by atoms with Crippen molar-refractivity contribution in [3.8, 4) is 0 Å². The molecule has 1 amide bonds. The van der Waals surface area contributed by atoms with Gasteiger partial charge in [0.1, 0.15) is 0 Å². The molecule has 1 N–H and O–H groups in total. The van der Waals surface area contributed by atoms with E-state index in [-0.39, 0.29) is 12.0 Å². The summed E-state index contributed by atoms with van der Waals surface area (Å²) in [6, 6.07) is 0.890. The minimum atomic E-state index is 0.0165. The number of hydrogen-bond acceptors (Lipinski definition) is 4. The van der Waals surface area contributed by atoms with Gasteiger partial charge in [-0.25, -0.2) is 0 Å². The fourth-order valence-corrected chi connectivity index (χ4v) is 4.35. The Morgan fingerprint density at radius 3 is 2.95 bits per heavy atom. The third-order valence-corrected chi connectivity index (χ3v) is 5.52. The molecule has 0 radical (unpaired) electrons. The number of nitrogens with zero attached hydrogens (tertiary/aromatic N) is 2. The van der Waals surface area contributed by atoms with Crippen molar-refractivity contribution in [1.29, 1.82) is 0 Å². The zero-order chi connectivity index (χ0) is 14.8. The highest BCUT2D eigenvalue weighted by molar-refractivity contribution is 5.80. The largest absolute Gasteiger partial charge is 0.379 e. The van der Waals surface area contributed by atoms with Crippen LogP contribution in [-0.4, -0.2) is 74.2 Å². The minimum absolute atomic E-state index is 0.0165. The van der Waals surface area contributed by atoms with Gasteiger partial charge in [-0.05, 0) is 45.3 Å². The zero-order valence-corrected chi connectivity index (χ0v) is 13.4. The Kier molecular flexibility index (Phi) is 4.82. The molecule has 4 unspecified atom stereocenters. The molecule has 3 aliphatic rings. The molecule has 5 nitrogen and oxygen atoms in total. The van der Waals surface area contributed by atoms with E-state index in [0.29, 0.717) is 31.1 Å². The number of piperidine rings is 2. The number of rotatable bonds is 3. The molecule has 0 bridgehead atoms. The van der Waals surface area contributed by atoms with Crippen LogP contribution in [0, 0.1) is 11.8 Å². The molecule has 4 atom stereocenters. The number of ether oxygens (including phenoxy) is 1. The topological polar surface area (TPSA) is 44.8 Å². The van der Waals surface area contributed by atoms with Crippen LogP contribution in [0.1, 0.15) is 26.2 Å². The standard InChI is InChI=1S/C16H29N3O2/c1-3-17-14-11-21-10-13(14)16(20)19-8-6-15-12(9-19)5-4-7-18(15)2/h12-15,17H,3-11H2,1-2H3. The summed E-state index contributed by atoms with van der Waals surface area (Å²) < 4.78 is 5.54. The summed E-state index contributed by atoms with van der Waals surface area (Å²) in [6.45, 7) is 7.32. The highest BCUT2D eigenvalue weighted by Crippen LogP contribution is 2.30. The number of fused-ring (bicyclic) bond motifs is 1. The predicted molar refractivity (Wildman–Crippen MR) is 82.1 cm³/mol. The summed E-state index contributed by atoms with van der Waals surface area (Å²) in [6.07, 6.45) is 3.68. The molecule has 5 heteroatoms. The van der Waals surface area contributed by atoms with Gasteiger partial charge < -0.3 is 19.9 Å². The van der Waals surface area contributed by atoms with Crippen LogP contribution < -0.4 is 5.32 Å². The minimum Gasteiger partial charge on any atom is -0.379 e. The fourth-order valence-electron chi connectivity index (χ4n) is 4.35. The smallest absolute Gasteiger partial charge is 0.229 e. The molecule has 21 heavy (non-hydrogen) atoms. The van der Waals surface area contributed by atoms with E-state index in [0.717, 1.165) is 26.1 Å². The van der Waals surface area contributed by atoms with Crippen LogP contribution in [-0.2, 0) is 9.53 Å². The Morgan fingerprint density at radius 1 is 1.29 bits per heavy atom. The Balaban J connectivity index is 1.61. The van der Waals surface area contributed by atoms with Crippen molar-refractivity contribution in [3.63, 3.8) is 0 Å². The van der Waals surface area contributed by atoms with Crippen LogP contribution in [0.25, 0.3) is 0 Å². The third kappa shape index (κ3) is 3.10. The predicted octanol–water partition coefficient (Wildman–Crippen LogP) is 0.554. The van der Waals surface area contributed by atoms with E-state index in [2.05, 4.69) is 29.1 Å². The number of carbonyl (C=O) groups is 1. The van der Waals surface area contributed by atoms with E-state index in [1.54, 1.807) is 0 Å². The summed E-state index contributed by atoms with van der Waals surface area (Å²) in [5.41, 5.74) is 0. The lowest BCUT2D eigenvalue weighted by Crippen LogP contribution is -2.56. The van der Waals surface area contributed by atoms with Gasteiger partial charge >= 0.3 is 0 Å². The van der Waals surface area contributed by atoms with Gasteiger partial charge in [0.2, 0.25) is 5.91 Å². The normalized spacial score (nSPS) is 37.5. The average Bonchev–Trinajstić information content (AvgIpc) is 2.95. The van der Waals surface area contributed by atoms with Crippen LogP contribution >= 0.6 is 0 Å². The lowest BCUT2D eigenvalue weighted by Gasteiger charge is -2.46. The van der Waals surface area contributed by atoms with Gasteiger partial charge in [-0.2, -0.15) is 0 Å². The van der Waals surface area contributed by atoms with Crippen molar-refractivity contribution in [3.05, 3.63) is 0 Å². The summed E-state index contributed by atoms with van der Waals surface area (Å²) in [7, 11) is 2.24. The van der Waals surface area contributed by atoms with E-state index < -0.39 is 0 Å². The molecule has 3 heterocycles. The zero-order valence-electron chi connectivity index (χ0n) is 13.4. The fraction of sp³-hybridized carbons (Fsp3) is 0.938. The Hall–Kier alpha value is -0.650. The third-order valence-electron chi connectivity index (χ3n) is 5.52. The molecule has 120 valence electrons. The van der Waals surface area contributed by atoms with E-state index in [4.69, 9.17) is 4.74 Å². The Morgan fingerprint density at radius 2 is 2.14 bits per heavy atom. The summed E-state index contributed by atoms with van der Waals surface area (Å²) >= 11 is 0. The first-order valence-corrected chi connectivity index (χ1v) is 8.51. The summed E-state index contributed by atoms with van der Waals surface area (Å²) in [5.74, 6) is 0.995. The second-order valence-electron chi connectivity index (χ2n) is 6.83. The second kappa shape index (κ2) is 6.63. The monoisotopic (exact) mass is 295 g/mol. The van der Waals surface area contributed by atoms with Gasteiger partial charge in [0.15, 0.2) is 0 Å². The van der Waals surface area contributed by atoms with Crippen LogP contribution in [0.4, 0.5) is 0 Å². The van der Waals surface area contributed by atoms with Crippen LogP contribution in [0.15, 0.2) is 0 Å². The lowest BCUT2D eigenvalue weighted by atomic mass is 9.83. The average molecular weight is 295 g/mol. The number of carbonyl (C=O) groups excluding carboxylic acids is 1. The molecule has 0 aliphatic carbocycles. The maximum atomic E-state index is 12.8. The number of likely N-dealkylation sites (tertiary alicyclic amines) is 2. The molecule has 3 saturated heterocycles. The highest BCUT2D eigenvalue weighted by atomic mass is 16.5. The van der Waals surface area contributed by atoms with Crippen LogP contribution in [0.3, 0.4) is 0 Å². The molecule has 0 aromatic heterocycles. The molecular formula is C16H29N3O2. The summed E-state index contributed by atoms with van der Waals surface area (Å²) in [4.78, 5) is 17.4. The van der Waals surface area contributed by atoms with Gasteiger partial charge in [-0.3, -0.25) is 4.79 Å². The number of hydrogen-bond donors (Lipinski definition) is 1. The number of nitrogens with one attached hydrogen (secondary N) is 1. The molecule has 3 fully saturated rings. The van der Waals surface area contributed by atoms with Crippen LogP contribution in [0.2, 0.25) is 0 Å². The van der Waals surface area contributed by atoms with Crippen molar-refractivity contribution < 1.29 is 9.53 Å². The number of amides is 1. The van der Waals surface area contributed by atoms with Gasteiger partial charge in [-0.15, -0.1) is 0 Å². The SMILES string of the molecule is CCNC1COCC1C(=O)N1CCC2C(CCCN2C)C1. The van der Waals surface area contributed by atoms with Crippen LogP contribution in [0.5, 0.6) is 0 Å². The molecular weight excluding hydrogens is 266 g/mol.